The third-order valence-electron chi connectivity index (χ3n) is 0.951. The van der Waals surface area contributed by atoms with E-state index in [-0.39, 0.29) is 4.90 Å². The van der Waals surface area contributed by atoms with Crippen LogP contribution in [0.4, 0.5) is 18.0 Å². The van der Waals surface area contributed by atoms with E-state index in [1.54, 1.807) is 0 Å². The summed E-state index contributed by atoms with van der Waals surface area (Å²) in [5.41, 5.74) is -1.06. The maximum atomic E-state index is 12.1. The maximum Gasteiger partial charge on any atom is 0.410 e. The van der Waals surface area contributed by atoms with Gasteiger partial charge in [0.1, 0.15) is 12.1 Å². The Balaban J connectivity index is 4.90. The fraction of sp³-hybridized carbons (Fsp3) is 0.875. The fourth-order valence-corrected chi connectivity index (χ4v) is 0.561. The maximum absolute atomic E-state index is 12.1. The number of halogens is 3. The van der Waals surface area contributed by atoms with E-state index in [9.17, 15) is 18.0 Å². The Morgan fingerprint density at radius 2 is 1.93 bits per heavy atom. The third-order valence-corrected chi connectivity index (χ3v) is 0.951. The first-order chi connectivity index (χ1) is 7.22. The molecule has 0 heterocycles. The molecule has 0 saturated carbocycles. The van der Waals surface area contributed by atoms with Gasteiger partial charge >= 0.3 is 12.3 Å². The number of carbonyl (C=O) groups is 1. The molecule has 0 aliphatic carbocycles. The molecule has 0 fully saturated rings. The zero-order valence-electron chi connectivity index (χ0n) is 11.1. The number of hydrogen-bond acceptors (Lipinski definition) is 2. The molecule has 0 spiro atoms. The van der Waals surface area contributed by atoms with E-state index in [2.05, 4.69) is 4.74 Å². The third kappa shape index (κ3) is 6.56. The number of rotatable bonds is 1. The predicted octanol–water partition coefficient (Wildman–Crippen LogP) is 2.42. The standard InChI is InChI=1S/C8H14F3NO2/c1-7(2,3)14-6(13)12(4)5-8(9,10)11/h5H2,1-4H3/i4D3. The van der Waals surface area contributed by atoms with E-state index >= 15 is 0 Å². The average Bonchev–Trinajstić information content (AvgIpc) is 1.92. The smallest absolute Gasteiger partial charge is 0.410 e. The molecule has 0 aliphatic rings. The van der Waals surface area contributed by atoms with Crippen LogP contribution in [0.3, 0.4) is 0 Å². The summed E-state index contributed by atoms with van der Waals surface area (Å²) in [4.78, 5) is 11.0. The summed E-state index contributed by atoms with van der Waals surface area (Å²) in [6.07, 6.45) is -6.32. The Labute approximate surface area is 85.0 Å². The molecular formula is C8H14F3NO2. The van der Waals surface area contributed by atoms with E-state index in [1.165, 1.54) is 20.8 Å². The highest BCUT2D eigenvalue weighted by Crippen LogP contribution is 2.17. The topological polar surface area (TPSA) is 29.5 Å². The summed E-state index contributed by atoms with van der Waals surface area (Å²) < 4.78 is 61.6. The van der Waals surface area contributed by atoms with E-state index in [0.29, 0.717) is 0 Å². The van der Waals surface area contributed by atoms with Crippen molar-refractivity contribution in [3.05, 3.63) is 0 Å². The Morgan fingerprint density at radius 1 is 1.43 bits per heavy atom. The van der Waals surface area contributed by atoms with Gasteiger partial charge in [-0.25, -0.2) is 4.79 Å². The molecule has 0 aromatic heterocycles. The predicted molar refractivity (Wildman–Crippen MR) is 44.9 cm³/mol. The van der Waals surface area contributed by atoms with Gasteiger partial charge in [-0.1, -0.05) is 0 Å². The van der Waals surface area contributed by atoms with Gasteiger partial charge in [0, 0.05) is 11.1 Å². The second kappa shape index (κ2) is 4.06. The number of alkyl halides is 3. The molecule has 0 aromatic carbocycles. The minimum atomic E-state index is -4.80. The molecule has 0 unspecified atom stereocenters. The van der Waals surface area contributed by atoms with Crippen molar-refractivity contribution in [1.29, 1.82) is 0 Å². The van der Waals surface area contributed by atoms with Gasteiger partial charge in [0.25, 0.3) is 0 Å². The van der Waals surface area contributed by atoms with Gasteiger partial charge in [-0.05, 0) is 20.8 Å². The number of nitrogens with zero attached hydrogens (tertiary/aromatic N) is 1. The largest absolute Gasteiger partial charge is 0.444 e. The van der Waals surface area contributed by atoms with Gasteiger partial charge in [-0.2, -0.15) is 13.2 Å². The molecule has 0 atom stereocenters. The van der Waals surface area contributed by atoms with Crippen molar-refractivity contribution < 1.29 is 26.8 Å². The van der Waals surface area contributed by atoms with E-state index in [1.807, 2.05) is 0 Å². The van der Waals surface area contributed by atoms with Crippen molar-refractivity contribution in [3.8, 4) is 0 Å². The van der Waals surface area contributed by atoms with Crippen LogP contribution < -0.4 is 0 Å². The summed E-state index contributed by atoms with van der Waals surface area (Å²) in [7, 11) is 0. The quantitative estimate of drug-likeness (QED) is 0.673. The van der Waals surface area contributed by atoms with Gasteiger partial charge in [0.05, 0.1) is 0 Å². The molecule has 0 saturated heterocycles. The van der Waals surface area contributed by atoms with Crippen LogP contribution in [0.5, 0.6) is 0 Å². The molecule has 1 amide bonds. The number of hydrogen-bond donors (Lipinski definition) is 0. The number of carbonyl (C=O) groups excluding carboxylic acids is 1. The molecule has 84 valence electrons. The summed E-state index contributed by atoms with van der Waals surface area (Å²) >= 11 is 0. The van der Waals surface area contributed by atoms with Crippen molar-refractivity contribution in [2.45, 2.75) is 32.5 Å². The molecule has 0 bridgehead atoms. The van der Waals surface area contributed by atoms with Gasteiger partial charge in [0.15, 0.2) is 0 Å². The molecule has 14 heavy (non-hydrogen) atoms. The molecule has 0 rings (SSSR count). The fourth-order valence-electron chi connectivity index (χ4n) is 0.561. The van der Waals surface area contributed by atoms with Crippen LogP contribution in [0.25, 0.3) is 0 Å². The molecule has 0 radical (unpaired) electrons. The monoisotopic (exact) mass is 216 g/mol. The van der Waals surface area contributed by atoms with E-state index < -0.39 is 31.4 Å². The van der Waals surface area contributed by atoms with Crippen LogP contribution in [0.2, 0.25) is 0 Å². The van der Waals surface area contributed by atoms with Crippen molar-refractivity contribution >= 4 is 6.09 Å². The lowest BCUT2D eigenvalue weighted by molar-refractivity contribution is -0.141. The summed E-state index contributed by atoms with van der Waals surface area (Å²) in [6.45, 7) is -0.793. The minimum absolute atomic E-state index is 0.321. The highest BCUT2D eigenvalue weighted by Gasteiger charge is 2.32. The SMILES string of the molecule is [2H]C([2H])([2H])N(CC(F)(F)F)C(=O)OC(C)(C)C. The van der Waals surface area contributed by atoms with Crippen LogP contribution >= 0.6 is 0 Å². The summed E-state index contributed by atoms with van der Waals surface area (Å²) in [6, 6.07) is 0. The lowest BCUT2D eigenvalue weighted by Crippen LogP contribution is -2.39. The van der Waals surface area contributed by atoms with Gasteiger partial charge < -0.3 is 9.64 Å². The van der Waals surface area contributed by atoms with Gasteiger partial charge in [-0.3, -0.25) is 0 Å². The normalized spacial score (nSPS) is 16.6. The van der Waals surface area contributed by atoms with Crippen molar-refractivity contribution in [1.82, 2.24) is 4.90 Å². The molecular weight excluding hydrogens is 199 g/mol. The lowest BCUT2D eigenvalue weighted by Gasteiger charge is -2.25. The number of ether oxygens (including phenoxy) is 1. The zero-order valence-corrected chi connectivity index (χ0v) is 8.10. The zero-order chi connectivity index (χ0) is 14.1. The summed E-state index contributed by atoms with van der Waals surface area (Å²) in [5, 5.41) is 0. The van der Waals surface area contributed by atoms with Crippen LogP contribution in [0.1, 0.15) is 24.9 Å². The summed E-state index contributed by atoms with van der Waals surface area (Å²) in [5.74, 6) is 0. The average molecular weight is 216 g/mol. The van der Waals surface area contributed by atoms with Crippen molar-refractivity contribution in [2.75, 3.05) is 13.5 Å². The Kier molecular flexibility index (Phi) is 2.43. The first-order valence-corrected chi connectivity index (χ1v) is 3.80. The second-order valence-corrected chi connectivity index (χ2v) is 3.68. The van der Waals surface area contributed by atoms with Crippen LogP contribution in [0, 0.1) is 0 Å². The van der Waals surface area contributed by atoms with E-state index in [4.69, 9.17) is 4.11 Å². The van der Waals surface area contributed by atoms with Gasteiger partial charge in [0.2, 0.25) is 0 Å². The Morgan fingerprint density at radius 3 is 2.21 bits per heavy atom. The Bertz CT molecular complexity index is 283. The van der Waals surface area contributed by atoms with E-state index in [0.717, 1.165) is 0 Å². The Hall–Kier alpha value is -0.940. The molecule has 6 heteroatoms. The molecule has 0 aliphatic heterocycles. The first kappa shape index (κ1) is 8.38. The second-order valence-electron chi connectivity index (χ2n) is 3.68. The van der Waals surface area contributed by atoms with Crippen molar-refractivity contribution in [2.24, 2.45) is 0 Å². The molecule has 0 aromatic rings. The van der Waals surface area contributed by atoms with Crippen LogP contribution in [-0.2, 0) is 4.74 Å². The lowest BCUT2D eigenvalue weighted by atomic mass is 10.2. The minimum Gasteiger partial charge on any atom is -0.444 e. The molecule has 0 N–H and O–H groups in total. The first-order valence-electron chi connectivity index (χ1n) is 5.30. The number of amides is 1. The van der Waals surface area contributed by atoms with Crippen LogP contribution in [-0.4, -0.2) is 36.3 Å². The van der Waals surface area contributed by atoms with Crippen molar-refractivity contribution in [3.63, 3.8) is 0 Å². The molecule has 3 nitrogen and oxygen atoms in total. The van der Waals surface area contributed by atoms with Crippen LogP contribution in [0.15, 0.2) is 0 Å². The van der Waals surface area contributed by atoms with Gasteiger partial charge in [-0.15, -0.1) is 0 Å². The highest BCUT2D eigenvalue weighted by molar-refractivity contribution is 5.67. The highest BCUT2D eigenvalue weighted by atomic mass is 19.4.